The average Bonchev–Trinajstić information content (AvgIpc) is 3.45. The molecular formula is C16H21B6F3N3O4P. The molecule has 2 heterocycles. The fourth-order valence-corrected chi connectivity index (χ4v) is 8.47. The number of benzene rings is 2. The summed E-state index contributed by atoms with van der Waals surface area (Å²) in [6.07, 6.45) is -7.43. The fourth-order valence-electron chi connectivity index (χ4n) is 4.62. The number of alkyl halides is 3. The standard InChI is InChI=1S/C16H21B6F3N3O4P/c17-13(18)7-26(13)33(31,28-15(19,20)16(28,21)22)32-12(14(23,24)25)10-5-6-11(27(29)30)9-4-2-1-3-8(9)10/h1-6,12H,7,17-22H2. The van der Waals surface area contributed by atoms with Gasteiger partial charge in [-0.05, 0) is 39.1 Å². The molecule has 33 heavy (non-hydrogen) atoms. The Morgan fingerprint density at radius 1 is 1.03 bits per heavy atom. The number of halogens is 3. The lowest BCUT2D eigenvalue weighted by atomic mass is 9.49. The number of nitro groups is 1. The minimum atomic E-state index is -4.90. The second-order valence-electron chi connectivity index (χ2n) is 10.3. The van der Waals surface area contributed by atoms with Crippen LogP contribution >= 0.6 is 7.67 Å². The summed E-state index contributed by atoms with van der Waals surface area (Å²) in [6.45, 7) is 0.332. The third kappa shape index (κ3) is 3.70. The summed E-state index contributed by atoms with van der Waals surface area (Å²) >= 11 is 0. The Morgan fingerprint density at radius 2 is 1.55 bits per heavy atom. The van der Waals surface area contributed by atoms with Crippen molar-refractivity contribution in [3.8, 4) is 0 Å². The topological polar surface area (TPSA) is 75.5 Å². The summed E-state index contributed by atoms with van der Waals surface area (Å²) in [4.78, 5) is 10.8. The van der Waals surface area contributed by atoms with Gasteiger partial charge in [0.05, 0.1) is 10.3 Å². The summed E-state index contributed by atoms with van der Waals surface area (Å²) in [5, 5.41) is 9.67. The summed E-state index contributed by atoms with van der Waals surface area (Å²) in [5.74, 6) is 0. The van der Waals surface area contributed by atoms with Gasteiger partial charge in [-0.15, -0.1) is 0 Å². The molecule has 17 heteroatoms. The number of rotatable bonds is 6. The summed E-state index contributed by atoms with van der Waals surface area (Å²) in [6, 6.07) is 7.90. The quantitative estimate of drug-likeness (QED) is 0.157. The Kier molecular flexibility index (Phi) is 5.35. The molecule has 3 unspecified atom stereocenters. The number of hydrogen-bond acceptors (Lipinski definition) is 4. The van der Waals surface area contributed by atoms with Crippen LogP contribution in [0.3, 0.4) is 0 Å². The molecule has 2 saturated heterocycles. The summed E-state index contributed by atoms with van der Waals surface area (Å²) in [5.41, 5.74) is -0.611. The molecule has 2 aromatic carbocycles. The van der Waals surface area contributed by atoms with Crippen LogP contribution in [0.2, 0.25) is 0 Å². The molecule has 0 N–H and O–H groups in total. The van der Waals surface area contributed by atoms with Gasteiger partial charge in [0.2, 0.25) is 0 Å². The van der Waals surface area contributed by atoms with Crippen LogP contribution in [0.15, 0.2) is 36.4 Å². The lowest BCUT2D eigenvalue weighted by molar-refractivity contribution is -0.383. The van der Waals surface area contributed by atoms with Crippen LogP contribution < -0.4 is 0 Å². The lowest BCUT2D eigenvalue weighted by Gasteiger charge is -2.32. The van der Waals surface area contributed by atoms with E-state index in [9.17, 15) is 27.9 Å². The van der Waals surface area contributed by atoms with Gasteiger partial charge in [0.15, 0.2) is 6.10 Å². The highest BCUT2D eigenvalue weighted by atomic mass is 31.2. The van der Waals surface area contributed by atoms with E-state index in [1.165, 1.54) is 33.6 Å². The van der Waals surface area contributed by atoms with Gasteiger partial charge in [0.1, 0.15) is 47.1 Å². The van der Waals surface area contributed by atoms with E-state index < -0.39 is 40.9 Å². The van der Waals surface area contributed by atoms with E-state index in [0.717, 1.165) is 12.1 Å². The van der Waals surface area contributed by atoms with Gasteiger partial charge < -0.3 is 0 Å². The molecule has 0 aromatic heterocycles. The van der Waals surface area contributed by atoms with Crippen molar-refractivity contribution in [2.24, 2.45) is 0 Å². The lowest BCUT2D eigenvalue weighted by Crippen LogP contribution is -2.30. The fraction of sp³-hybridized carbons (Fsp3) is 0.375. The molecule has 2 aliphatic rings. The maximum atomic E-state index is 14.5. The van der Waals surface area contributed by atoms with Crippen molar-refractivity contribution in [3.63, 3.8) is 0 Å². The first-order valence-electron chi connectivity index (χ1n) is 10.6. The van der Waals surface area contributed by atoms with Crippen LogP contribution in [0.25, 0.3) is 10.8 Å². The van der Waals surface area contributed by atoms with E-state index >= 15 is 0 Å². The van der Waals surface area contributed by atoms with E-state index in [4.69, 9.17) is 4.52 Å². The van der Waals surface area contributed by atoms with Crippen LogP contribution in [-0.2, 0) is 9.09 Å². The summed E-state index contributed by atoms with van der Waals surface area (Å²) in [7, 11) is 6.78. The van der Waals surface area contributed by atoms with Gasteiger partial charge in [0, 0.05) is 12.6 Å². The molecule has 0 amide bonds. The van der Waals surface area contributed by atoms with E-state index in [1.807, 2.05) is 31.4 Å². The molecule has 2 fully saturated rings. The largest absolute Gasteiger partial charge is 0.419 e. The molecule has 0 bridgehead atoms. The third-order valence-corrected chi connectivity index (χ3v) is 10.4. The van der Waals surface area contributed by atoms with Crippen LogP contribution in [0.1, 0.15) is 11.7 Å². The van der Waals surface area contributed by atoms with E-state index in [0.29, 0.717) is 6.54 Å². The molecule has 0 radical (unpaired) electrons. The van der Waals surface area contributed by atoms with Crippen LogP contribution in [0.5, 0.6) is 0 Å². The highest BCUT2D eigenvalue weighted by Crippen LogP contribution is 2.74. The number of fused-ring (bicyclic) bond motifs is 1. The normalized spacial score (nSPS) is 25.7. The summed E-state index contributed by atoms with van der Waals surface area (Å²) < 4.78 is 66.4. The second kappa shape index (κ2) is 7.20. The molecule has 0 aliphatic carbocycles. The van der Waals surface area contributed by atoms with E-state index in [1.54, 1.807) is 15.7 Å². The molecule has 7 nitrogen and oxygen atoms in total. The Labute approximate surface area is 194 Å². The third-order valence-electron chi connectivity index (χ3n) is 7.15. The van der Waals surface area contributed by atoms with E-state index in [2.05, 4.69) is 0 Å². The van der Waals surface area contributed by atoms with Gasteiger partial charge in [0.25, 0.3) is 5.69 Å². The van der Waals surface area contributed by atoms with Crippen LogP contribution in [-0.4, -0.2) is 90.1 Å². The minimum Gasteiger partial charge on any atom is -0.288 e. The zero-order valence-corrected chi connectivity index (χ0v) is 20.2. The van der Waals surface area contributed by atoms with Crippen molar-refractivity contribution in [2.75, 3.05) is 6.54 Å². The van der Waals surface area contributed by atoms with Crippen LogP contribution in [0.4, 0.5) is 18.9 Å². The Morgan fingerprint density at radius 3 is 1.97 bits per heavy atom. The zero-order valence-electron chi connectivity index (χ0n) is 19.3. The predicted octanol–water partition coefficient (Wildman–Crippen LogP) is -2.13. The molecular weight excluding hydrogens is 451 g/mol. The highest BCUT2D eigenvalue weighted by Gasteiger charge is 2.74. The first-order valence-corrected chi connectivity index (χ1v) is 12.1. The maximum Gasteiger partial charge on any atom is 0.419 e. The Balaban J connectivity index is 1.87. The van der Waals surface area contributed by atoms with Crippen LogP contribution in [0, 0.1) is 10.1 Å². The van der Waals surface area contributed by atoms with Crippen molar-refractivity contribution in [1.29, 1.82) is 0 Å². The first-order chi connectivity index (χ1) is 15.0. The van der Waals surface area contributed by atoms with Gasteiger partial charge in [-0.1, -0.05) is 18.2 Å². The molecule has 4 rings (SSSR count). The number of nitro benzene ring substituents is 1. The molecule has 3 atom stereocenters. The molecule has 168 valence electrons. The molecule has 0 saturated carbocycles. The minimum absolute atomic E-state index is 0.0370. The number of non-ortho nitro benzene ring substituents is 1. The van der Waals surface area contributed by atoms with Crippen molar-refractivity contribution in [1.82, 2.24) is 9.34 Å². The zero-order chi connectivity index (χ0) is 24.8. The molecule has 2 aliphatic heterocycles. The SMILES string of the molecule is BC1(B)CN1P(=O)(OC(c1ccc([N+](=O)[O-])c2ccccc12)C(F)(F)F)N1C(B)(B)C1(B)B. The monoisotopic (exact) mass is 473 g/mol. The maximum absolute atomic E-state index is 14.5. The van der Waals surface area contributed by atoms with Gasteiger partial charge >= 0.3 is 13.8 Å². The molecule has 0 spiro atoms. The Bertz CT molecular complexity index is 1200. The highest BCUT2D eigenvalue weighted by molar-refractivity contribution is 7.55. The molecule has 2 aromatic rings. The first kappa shape index (κ1) is 24.5. The van der Waals surface area contributed by atoms with Gasteiger partial charge in [-0.3, -0.25) is 19.2 Å². The van der Waals surface area contributed by atoms with Crippen molar-refractivity contribution >= 4 is 71.2 Å². The van der Waals surface area contributed by atoms with Gasteiger partial charge in [-0.25, -0.2) is 9.34 Å². The second-order valence-corrected chi connectivity index (χ2v) is 12.4. The predicted molar refractivity (Wildman–Crippen MR) is 136 cm³/mol. The van der Waals surface area contributed by atoms with Crippen molar-refractivity contribution in [2.45, 2.75) is 28.3 Å². The van der Waals surface area contributed by atoms with E-state index in [-0.39, 0.29) is 22.0 Å². The Hall–Kier alpha value is -1.61. The number of hydrogen-bond donors (Lipinski definition) is 0. The van der Waals surface area contributed by atoms with Gasteiger partial charge in [-0.2, -0.15) is 13.2 Å². The van der Waals surface area contributed by atoms with Crippen molar-refractivity contribution < 1.29 is 27.2 Å². The smallest absolute Gasteiger partial charge is 0.288 e. The number of nitrogens with zero attached hydrogens (tertiary/aromatic N) is 3. The average molecular weight is 472 g/mol. The van der Waals surface area contributed by atoms with Crippen molar-refractivity contribution in [3.05, 3.63) is 52.1 Å².